The van der Waals surface area contributed by atoms with E-state index in [9.17, 15) is 4.79 Å². The number of fused-ring (bicyclic) bond motifs is 1. The van der Waals surface area contributed by atoms with Gasteiger partial charge in [-0.2, -0.15) is 0 Å². The second kappa shape index (κ2) is 7.91. The number of aromatic nitrogens is 2. The van der Waals surface area contributed by atoms with Gasteiger partial charge in [-0.1, -0.05) is 18.2 Å². The number of amides is 1. The van der Waals surface area contributed by atoms with Crippen LogP contribution in [-0.4, -0.2) is 36.2 Å². The smallest absolute Gasteiger partial charge is 0.224 e. The van der Waals surface area contributed by atoms with Crippen molar-refractivity contribution in [1.29, 1.82) is 0 Å². The van der Waals surface area contributed by atoms with Crippen LogP contribution in [0.2, 0.25) is 0 Å². The third kappa shape index (κ3) is 3.79. The molecule has 0 aliphatic rings. The minimum atomic E-state index is -0.0284. The number of nitrogens with zero attached hydrogens (tertiary/aromatic N) is 2. The lowest BCUT2D eigenvalue weighted by atomic mass is 10.1. The van der Waals surface area contributed by atoms with Crippen LogP contribution in [0.1, 0.15) is 11.4 Å². The molecule has 0 aliphatic carbocycles. The third-order valence-corrected chi connectivity index (χ3v) is 4.32. The maximum Gasteiger partial charge on any atom is 0.224 e. The van der Waals surface area contributed by atoms with Crippen molar-refractivity contribution in [1.82, 2.24) is 14.9 Å². The summed E-state index contributed by atoms with van der Waals surface area (Å²) in [4.78, 5) is 16.8. The van der Waals surface area contributed by atoms with E-state index in [4.69, 9.17) is 9.47 Å². The molecule has 26 heavy (non-hydrogen) atoms. The molecule has 3 rings (SSSR count). The summed E-state index contributed by atoms with van der Waals surface area (Å²) < 4.78 is 12.6. The average molecular weight is 353 g/mol. The summed E-state index contributed by atoms with van der Waals surface area (Å²) in [6.07, 6.45) is 0.296. The fourth-order valence-corrected chi connectivity index (χ4v) is 3.02. The van der Waals surface area contributed by atoms with Crippen LogP contribution in [0.25, 0.3) is 11.0 Å². The van der Waals surface area contributed by atoms with Crippen LogP contribution in [0.15, 0.2) is 42.5 Å². The van der Waals surface area contributed by atoms with Crippen LogP contribution in [0, 0.1) is 6.92 Å². The van der Waals surface area contributed by atoms with Crippen molar-refractivity contribution in [2.75, 3.05) is 20.8 Å². The zero-order valence-corrected chi connectivity index (χ0v) is 15.3. The molecule has 1 N–H and O–H groups in total. The zero-order chi connectivity index (χ0) is 18.5. The molecule has 6 heteroatoms. The van der Waals surface area contributed by atoms with E-state index in [1.807, 2.05) is 49.4 Å². The molecule has 3 aromatic rings. The highest BCUT2D eigenvalue weighted by molar-refractivity contribution is 5.79. The van der Waals surface area contributed by atoms with Gasteiger partial charge in [0.05, 0.1) is 31.7 Å². The molecule has 0 aliphatic heterocycles. The Balaban J connectivity index is 1.58. The molecular formula is C20H23N3O3. The number of carbonyl (C=O) groups excluding carboxylic acids is 1. The number of aryl methyl sites for hydroxylation is 1. The number of methoxy groups -OCH3 is 2. The molecule has 0 radical (unpaired) electrons. The number of benzene rings is 2. The minimum Gasteiger partial charge on any atom is -0.493 e. The highest BCUT2D eigenvalue weighted by atomic mass is 16.5. The van der Waals surface area contributed by atoms with Gasteiger partial charge in [0.15, 0.2) is 11.5 Å². The predicted octanol–water partition coefficient (Wildman–Crippen LogP) is 2.72. The van der Waals surface area contributed by atoms with E-state index in [2.05, 4.69) is 14.9 Å². The Morgan fingerprint density at radius 3 is 2.65 bits per heavy atom. The quantitative estimate of drug-likeness (QED) is 0.709. The molecule has 0 atom stereocenters. The predicted molar refractivity (Wildman–Crippen MR) is 101 cm³/mol. The molecule has 136 valence electrons. The number of imidazole rings is 1. The second-order valence-electron chi connectivity index (χ2n) is 6.02. The first-order valence-corrected chi connectivity index (χ1v) is 8.52. The summed E-state index contributed by atoms with van der Waals surface area (Å²) in [6.45, 7) is 3.21. The van der Waals surface area contributed by atoms with Crippen molar-refractivity contribution >= 4 is 16.9 Å². The molecule has 2 aromatic carbocycles. The Kier molecular flexibility index (Phi) is 5.41. The number of nitrogens with one attached hydrogen (secondary N) is 1. The summed E-state index contributed by atoms with van der Waals surface area (Å²) in [7, 11) is 3.17. The molecule has 0 saturated carbocycles. The number of para-hydroxylation sites is 2. The molecule has 0 saturated heterocycles. The van der Waals surface area contributed by atoms with Gasteiger partial charge in [-0.05, 0) is 36.8 Å². The second-order valence-corrected chi connectivity index (χ2v) is 6.02. The topological polar surface area (TPSA) is 65.4 Å². The Morgan fingerprint density at radius 1 is 1.12 bits per heavy atom. The molecule has 0 fully saturated rings. The first-order chi connectivity index (χ1) is 12.6. The van der Waals surface area contributed by atoms with Crippen LogP contribution in [0.5, 0.6) is 11.5 Å². The van der Waals surface area contributed by atoms with Crippen molar-refractivity contribution in [3.8, 4) is 11.5 Å². The Bertz CT molecular complexity index is 918. The molecule has 6 nitrogen and oxygen atoms in total. The first-order valence-electron chi connectivity index (χ1n) is 8.52. The van der Waals surface area contributed by atoms with Crippen LogP contribution >= 0.6 is 0 Å². The summed E-state index contributed by atoms with van der Waals surface area (Å²) in [5.41, 5.74) is 2.94. The van der Waals surface area contributed by atoms with Gasteiger partial charge in [0.2, 0.25) is 5.91 Å². The van der Waals surface area contributed by atoms with E-state index < -0.39 is 0 Å². The summed E-state index contributed by atoms with van der Waals surface area (Å²) >= 11 is 0. The Labute approximate surface area is 152 Å². The van der Waals surface area contributed by atoms with Crippen molar-refractivity contribution in [2.24, 2.45) is 0 Å². The summed E-state index contributed by atoms with van der Waals surface area (Å²) in [6, 6.07) is 13.5. The van der Waals surface area contributed by atoms with Crippen LogP contribution in [0.4, 0.5) is 0 Å². The molecule has 0 bridgehead atoms. The number of hydrogen-bond donors (Lipinski definition) is 1. The van der Waals surface area contributed by atoms with E-state index >= 15 is 0 Å². The number of rotatable bonds is 7. The van der Waals surface area contributed by atoms with E-state index in [1.165, 1.54) is 0 Å². The minimum absolute atomic E-state index is 0.0284. The van der Waals surface area contributed by atoms with Crippen molar-refractivity contribution in [3.05, 3.63) is 53.9 Å². The average Bonchev–Trinajstić information content (AvgIpc) is 2.97. The van der Waals surface area contributed by atoms with Crippen molar-refractivity contribution in [3.63, 3.8) is 0 Å². The van der Waals surface area contributed by atoms with Crippen LogP contribution in [-0.2, 0) is 17.8 Å². The molecule has 1 heterocycles. The van der Waals surface area contributed by atoms with Gasteiger partial charge < -0.3 is 19.4 Å². The summed E-state index contributed by atoms with van der Waals surface area (Å²) in [5.74, 6) is 2.19. The highest BCUT2D eigenvalue weighted by Gasteiger charge is 2.09. The zero-order valence-electron chi connectivity index (χ0n) is 15.3. The van der Waals surface area contributed by atoms with Gasteiger partial charge in [0.1, 0.15) is 5.82 Å². The van der Waals surface area contributed by atoms with E-state index in [0.717, 1.165) is 22.4 Å². The van der Waals surface area contributed by atoms with Crippen LogP contribution in [0.3, 0.4) is 0 Å². The fraction of sp³-hybridized carbons (Fsp3) is 0.300. The first kappa shape index (κ1) is 17.8. The van der Waals surface area contributed by atoms with Gasteiger partial charge >= 0.3 is 0 Å². The van der Waals surface area contributed by atoms with Gasteiger partial charge in [-0.15, -0.1) is 0 Å². The Hall–Kier alpha value is -3.02. The van der Waals surface area contributed by atoms with Crippen molar-refractivity contribution < 1.29 is 14.3 Å². The number of hydrogen-bond acceptors (Lipinski definition) is 4. The van der Waals surface area contributed by atoms with Gasteiger partial charge in [0, 0.05) is 13.1 Å². The third-order valence-electron chi connectivity index (χ3n) is 4.32. The molecular weight excluding hydrogens is 330 g/mol. The lowest BCUT2D eigenvalue weighted by Gasteiger charge is -2.11. The molecule has 0 spiro atoms. The number of ether oxygens (including phenoxy) is 2. The summed E-state index contributed by atoms with van der Waals surface area (Å²) in [5, 5.41) is 2.97. The van der Waals surface area contributed by atoms with Gasteiger partial charge in [0.25, 0.3) is 0 Å². The highest BCUT2D eigenvalue weighted by Crippen LogP contribution is 2.27. The van der Waals surface area contributed by atoms with E-state index in [1.54, 1.807) is 14.2 Å². The molecule has 1 amide bonds. The largest absolute Gasteiger partial charge is 0.493 e. The lowest BCUT2D eigenvalue weighted by Crippen LogP contribution is -2.28. The van der Waals surface area contributed by atoms with Gasteiger partial charge in [-0.3, -0.25) is 4.79 Å². The molecule has 0 unspecified atom stereocenters. The maximum atomic E-state index is 12.2. The van der Waals surface area contributed by atoms with E-state index in [-0.39, 0.29) is 5.91 Å². The van der Waals surface area contributed by atoms with Crippen LogP contribution < -0.4 is 14.8 Å². The van der Waals surface area contributed by atoms with Crippen molar-refractivity contribution in [2.45, 2.75) is 19.9 Å². The van der Waals surface area contributed by atoms with E-state index in [0.29, 0.717) is 31.0 Å². The van der Waals surface area contributed by atoms with Gasteiger partial charge in [-0.25, -0.2) is 4.98 Å². The maximum absolute atomic E-state index is 12.2. The SMILES string of the molecule is COc1ccc(CC(=O)NCCn2c(C)nc3ccccc32)cc1OC. The monoisotopic (exact) mass is 353 g/mol. The number of carbonyl (C=O) groups is 1. The lowest BCUT2D eigenvalue weighted by molar-refractivity contribution is -0.120. The normalized spacial score (nSPS) is 10.7. The molecule has 1 aromatic heterocycles. The fourth-order valence-electron chi connectivity index (χ4n) is 3.02. The Morgan fingerprint density at radius 2 is 1.88 bits per heavy atom. The standard InChI is InChI=1S/C20H23N3O3/c1-14-22-16-6-4-5-7-17(16)23(14)11-10-21-20(24)13-15-8-9-18(25-2)19(12-15)26-3/h4-9,12H,10-11,13H2,1-3H3,(H,21,24).